The topological polar surface area (TPSA) is 182 Å². The number of hydrogen-bond acceptors (Lipinski definition) is 8. The van der Waals surface area contributed by atoms with Gasteiger partial charge in [-0.2, -0.15) is 0 Å². The second-order valence-electron chi connectivity index (χ2n) is 7.29. The van der Waals surface area contributed by atoms with Crippen molar-refractivity contribution in [1.82, 2.24) is 9.80 Å². The molecule has 0 radical (unpaired) electrons. The third-order valence-corrected chi connectivity index (χ3v) is 4.71. The number of nitrogens with zero attached hydrogens (tertiary/aromatic N) is 2. The summed E-state index contributed by atoms with van der Waals surface area (Å²) in [5.74, 6) is -6.17. The molecule has 1 aliphatic rings. The van der Waals surface area contributed by atoms with Crippen molar-refractivity contribution in [1.29, 1.82) is 0 Å². The number of Topliss-reactive ketones (excluding diaryl/α,β-unsaturated/α-hetero) is 1. The summed E-state index contributed by atoms with van der Waals surface area (Å²) in [6.07, 6.45) is 0. The molecule has 0 unspecified atom stereocenters. The van der Waals surface area contributed by atoms with Crippen molar-refractivity contribution in [2.45, 2.75) is 0 Å². The molecule has 1 fully saturated rings. The number of para-hydroxylation sites is 1. The number of rotatable bonds is 7. The molecule has 194 valence electrons. The molecule has 0 aliphatic carbocycles. The zero-order valence-electron chi connectivity index (χ0n) is 19.4. The third-order valence-electron chi connectivity index (χ3n) is 4.71. The van der Waals surface area contributed by atoms with Crippen molar-refractivity contribution in [3.63, 3.8) is 0 Å². The van der Waals surface area contributed by atoms with Crippen LogP contribution < -0.4 is 4.74 Å². The summed E-state index contributed by atoms with van der Waals surface area (Å²) in [6.45, 7) is 5.98. The second kappa shape index (κ2) is 16.4. The number of hydrogen-bond donors (Lipinski definition) is 4. The first-order chi connectivity index (χ1) is 17.1. The lowest BCUT2D eigenvalue weighted by Gasteiger charge is -2.34. The Morgan fingerprint density at radius 3 is 1.50 bits per heavy atom. The van der Waals surface area contributed by atoms with Crippen LogP contribution in [-0.4, -0.2) is 106 Å². The van der Waals surface area contributed by atoms with E-state index in [-0.39, 0.29) is 5.78 Å². The lowest BCUT2D eigenvalue weighted by atomic mass is 10.1. The van der Waals surface area contributed by atoms with Gasteiger partial charge in [-0.15, -0.1) is 0 Å². The quantitative estimate of drug-likeness (QED) is 0.309. The van der Waals surface area contributed by atoms with E-state index < -0.39 is 23.9 Å². The maximum atomic E-state index is 12.2. The smallest absolute Gasteiger partial charge is 0.414 e. The average molecular weight is 504 g/mol. The fraction of sp³-hybridized carbons (Fsp3) is 0.292. The lowest BCUT2D eigenvalue weighted by molar-refractivity contribution is -0.159. The summed E-state index contributed by atoms with van der Waals surface area (Å²) in [5, 5.41) is 29.6. The molecule has 4 N–H and O–H groups in total. The summed E-state index contributed by atoms with van der Waals surface area (Å²) in [5.41, 5.74) is 0.802. The van der Waals surface area contributed by atoms with Gasteiger partial charge in [-0.1, -0.05) is 48.5 Å². The maximum absolute atomic E-state index is 12.2. The van der Waals surface area contributed by atoms with Gasteiger partial charge in [-0.05, 0) is 12.1 Å². The van der Waals surface area contributed by atoms with Crippen molar-refractivity contribution >= 4 is 29.7 Å². The largest absolute Gasteiger partial charge is 0.492 e. The summed E-state index contributed by atoms with van der Waals surface area (Å²) in [7, 11) is 0. The molecule has 2 aromatic carbocycles. The van der Waals surface area contributed by atoms with E-state index in [4.69, 9.17) is 44.3 Å². The highest BCUT2D eigenvalue weighted by molar-refractivity contribution is 6.27. The van der Waals surface area contributed by atoms with Gasteiger partial charge in [-0.3, -0.25) is 14.6 Å². The van der Waals surface area contributed by atoms with E-state index in [1.54, 1.807) is 0 Å². The minimum Gasteiger partial charge on any atom is -0.492 e. The van der Waals surface area contributed by atoms with E-state index in [0.717, 1.165) is 44.0 Å². The van der Waals surface area contributed by atoms with Crippen molar-refractivity contribution in [3.05, 3.63) is 66.2 Å². The molecule has 1 heterocycles. The van der Waals surface area contributed by atoms with Crippen LogP contribution in [0.4, 0.5) is 0 Å². The Balaban J connectivity index is 0.000000450. The molecule has 12 nitrogen and oxygen atoms in total. The Kier molecular flexibility index (Phi) is 13.5. The van der Waals surface area contributed by atoms with Crippen LogP contribution in [0.5, 0.6) is 5.75 Å². The van der Waals surface area contributed by atoms with Crippen molar-refractivity contribution in [2.75, 3.05) is 45.9 Å². The second-order valence-corrected chi connectivity index (χ2v) is 7.29. The Morgan fingerprint density at radius 2 is 1.06 bits per heavy atom. The van der Waals surface area contributed by atoms with Crippen LogP contribution in [0.2, 0.25) is 0 Å². The summed E-state index contributed by atoms with van der Waals surface area (Å²) in [4.78, 5) is 53.3. The van der Waals surface area contributed by atoms with Crippen molar-refractivity contribution < 1.29 is 49.1 Å². The van der Waals surface area contributed by atoms with Gasteiger partial charge in [0.25, 0.3) is 0 Å². The molecule has 1 saturated heterocycles. The molecule has 1 aliphatic heterocycles. The van der Waals surface area contributed by atoms with Gasteiger partial charge in [0.1, 0.15) is 12.4 Å². The summed E-state index contributed by atoms with van der Waals surface area (Å²) in [6, 6.07) is 19.5. The minimum absolute atomic E-state index is 0.205. The molecule has 2 aromatic rings. The number of ketones is 1. The Hall–Kier alpha value is -4.29. The Bertz CT molecular complexity index is 942. The van der Waals surface area contributed by atoms with Crippen LogP contribution in [0, 0.1) is 0 Å². The van der Waals surface area contributed by atoms with E-state index in [9.17, 15) is 4.79 Å². The van der Waals surface area contributed by atoms with Gasteiger partial charge in [0, 0.05) is 38.3 Å². The third kappa shape index (κ3) is 12.8. The molecule has 0 aromatic heterocycles. The van der Waals surface area contributed by atoms with Crippen LogP contribution in [-0.2, 0) is 19.2 Å². The molecule has 0 bridgehead atoms. The molecule has 12 heteroatoms. The number of benzene rings is 2. The van der Waals surface area contributed by atoms with E-state index >= 15 is 0 Å². The molecular formula is C24H28N2O10. The Labute approximate surface area is 206 Å². The van der Waals surface area contributed by atoms with E-state index in [1.807, 2.05) is 60.7 Å². The zero-order chi connectivity index (χ0) is 26.9. The van der Waals surface area contributed by atoms with Crippen LogP contribution in [0.15, 0.2) is 60.7 Å². The number of carboxylic acids is 4. The normalized spacial score (nSPS) is 13.1. The van der Waals surface area contributed by atoms with Crippen molar-refractivity contribution in [3.8, 4) is 5.75 Å². The molecule has 0 amide bonds. The molecule has 0 spiro atoms. The molecule has 0 atom stereocenters. The van der Waals surface area contributed by atoms with Crippen LogP contribution in [0.25, 0.3) is 0 Å². The van der Waals surface area contributed by atoms with Gasteiger partial charge in [-0.25, -0.2) is 19.2 Å². The molecule has 36 heavy (non-hydrogen) atoms. The summed E-state index contributed by atoms with van der Waals surface area (Å²) < 4.78 is 5.75. The van der Waals surface area contributed by atoms with Crippen LogP contribution >= 0.6 is 0 Å². The number of piperazine rings is 1. The van der Waals surface area contributed by atoms with E-state index in [2.05, 4.69) is 9.80 Å². The minimum atomic E-state index is -1.82. The summed E-state index contributed by atoms with van der Waals surface area (Å²) >= 11 is 0. The average Bonchev–Trinajstić information content (AvgIpc) is 2.87. The predicted molar refractivity (Wildman–Crippen MR) is 126 cm³/mol. The van der Waals surface area contributed by atoms with Crippen LogP contribution in [0.3, 0.4) is 0 Å². The standard InChI is InChI=1S/C20H24N2O2.2C2H2O4/c23-20(18-7-3-1-4-8-18)17-22-13-11-21(12-14-22)15-16-24-19-9-5-2-6-10-19;2*3-1(4)2(5)6/h1-10H,11-17H2;2*(H,3,4)(H,5,6). The maximum Gasteiger partial charge on any atom is 0.414 e. The molecular weight excluding hydrogens is 476 g/mol. The monoisotopic (exact) mass is 504 g/mol. The zero-order valence-corrected chi connectivity index (χ0v) is 19.4. The lowest BCUT2D eigenvalue weighted by Crippen LogP contribution is -2.48. The fourth-order valence-electron chi connectivity index (χ4n) is 2.90. The number of ether oxygens (including phenoxy) is 1. The number of carbonyl (C=O) groups excluding carboxylic acids is 1. The van der Waals surface area contributed by atoms with Gasteiger partial charge < -0.3 is 25.2 Å². The van der Waals surface area contributed by atoms with Crippen molar-refractivity contribution in [2.24, 2.45) is 0 Å². The van der Waals surface area contributed by atoms with Gasteiger partial charge in [0.2, 0.25) is 0 Å². The first-order valence-electron chi connectivity index (χ1n) is 10.7. The first-order valence-corrected chi connectivity index (χ1v) is 10.7. The molecule has 0 saturated carbocycles. The predicted octanol–water partition coefficient (Wildman–Crippen LogP) is 0.877. The number of aliphatic carboxylic acids is 4. The highest BCUT2D eigenvalue weighted by atomic mass is 16.5. The van der Waals surface area contributed by atoms with Gasteiger partial charge in [0.15, 0.2) is 5.78 Å². The first kappa shape index (κ1) is 29.7. The fourth-order valence-corrected chi connectivity index (χ4v) is 2.90. The van der Waals surface area contributed by atoms with Gasteiger partial charge in [0.05, 0.1) is 6.54 Å². The van der Waals surface area contributed by atoms with E-state index in [1.165, 1.54) is 0 Å². The Morgan fingerprint density at radius 1 is 0.639 bits per heavy atom. The number of carbonyl (C=O) groups is 5. The number of carboxylic acid groups (broad SMARTS) is 4. The SMILES string of the molecule is O=C(CN1CCN(CCOc2ccccc2)CC1)c1ccccc1.O=C(O)C(=O)O.O=C(O)C(=O)O. The molecule has 3 rings (SSSR count). The van der Waals surface area contributed by atoms with Gasteiger partial charge >= 0.3 is 23.9 Å². The highest BCUT2D eigenvalue weighted by Gasteiger charge is 2.19. The van der Waals surface area contributed by atoms with Crippen LogP contribution in [0.1, 0.15) is 10.4 Å². The van der Waals surface area contributed by atoms with E-state index in [0.29, 0.717) is 13.2 Å². The highest BCUT2D eigenvalue weighted by Crippen LogP contribution is 2.09.